The van der Waals surface area contributed by atoms with Crippen LogP contribution >= 0.6 is 0 Å². The predicted molar refractivity (Wildman–Crippen MR) is 171 cm³/mol. The van der Waals surface area contributed by atoms with Gasteiger partial charge >= 0.3 is 6.01 Å². The van der Waals surface area contributed by atoms with Gasteiger partial charge in [0, 0.05) is 30.9 Å². The molecule has 0 bridgehead atoms. The lowest BCUT2D eigenvalue weighted by Crippen LogP contribution is -2.55. The monoisotopic (exact) mass is 574 g/mol. The summed E-state index contributed by atoms with van der Waals surface area (Å²) in [6, 6.07) is 17.1. The maximum atomic E-state index is 12.5. The number of carbonyl (C=O) groups excluding carboxylic acids is 1. The molecular weight excluding hydrogens is 536 g/mol. The molecular formula is C35H38N6O2. The molecule has 8 heteroatoms. The highest BCUT2D eigenvalue weighted by molar-refractivity contribution is 5.90. The van der Waals surface area contributed by atoms with Crippen LogP contribution in [0.1, 0.15) is 36.6 Å². The van der Waals surface area contributed by atoms with Gasteiger partial charge < -0.3 is 19.9 Å². The van der Waals surface area contributed by atoms with E-state index in [4.69, 9.17) is 14.7 Å². The first kappa shape index (κ1) is 29.6. The Hall–Kier alpha value is -4.90. The Morgan fingerprint density at radius 3 is 2.86 bits per heavy atom. The third kappa shape index (κ3) is 6.95. The number of aromatic nitrogens is 2. The summed E-state index contributed by atoms with van der Waals surface area (Å²) in [5.74, 6) is 1.00. The number of hydrogen-bond donors (Lipinski definition) is 1. The molecule has 0 radical (unpaired) electrons. The summed E-state index contributed by atoms with van der Waals surface area (Å²) in [7, 11) is 0. The fraction of sp³-hybridized carbons (Fsp3) is 0.314. The van der Waals surface area contributed by atoms with Gasteiger partial charge in [-0.25, -0.2) is 0 Å². The maximum Gasteiger partial charge on any atom is 0.318 e. The van der Waals surface area contributed by atoms with Crippen molar-refractivity contribution in [3.05, 3.63) is 103 Å². The summed E-state index contributed by atoms with van der Waals surface area (Å²) in [6.07, 6.45) is 12.4. The average molecular weight is 575 g/mol. The predicted octanol–water partition coefficient (Wildman–Crippen LogP) is 5.58. The number of piperazine rings is 1. The van der Waals surface area contributed by atoms with Gasteiger partial charge in [0.05, 0.1) is 24.2 Å². The number of rotatable bonds is 10. The van der Waals surface area contributed by atoms with Gasteiger partial charge in [0.15, 0.2) is 0 Å². The van der Waals surface area contributed by atoms with Gasteiger partial charge in [-0.05, 0) is 60.7 Å². The Bertz CT molecular complexity index is 1600. The minimum atomic E-state index is -0.246. The number of anilines is 1. The molecule has 2 heterocycles. The zero-order chi connectivity index (χ0) is 30.2. The van der Waals surface area contributed by atoms with Crippen LogP contribution in [0, 0.1) is 17.2 Å². The molecule has 1 aromatic heterocycles. The molecule has 0 saturated carbocycles. The highest BCUT2D eigenvalue weighted by Crippen LogP contribution is 2.34. The first-order valence-electron chi connectivity index (χ1n) is 14.8. The Balaban J connectivity index is 1.42. The second-order valence-electron chi connectivity index (χ2n) is 10.9. The zero-order valence-corrected chi connectivity index (χ0v) is 24.7. The maximum absolute atomic E-state index is 12.5. The van der Waals surface area contributed by atoms with Crippen LogP contribution in [0.2, 0.25) is 0 Å². The van der Waals surface area contributed by atoms with E-state index in [9.17, 15) is 10.1 Å². The van der Waals surface area contributed by atoms with Crippen LogP contribution in [0.5, 0.6) is 6.01 Å². The fourth-order valence-electron chi connectivity index (χ4n) is 5.86. The third-order valence-electron chi connectivity index (χ3n) is 8.04. The topological polar surface area (TPSA) is 94.4 Å². The Morgan fingerprint density at radius 1 is 1.21 bits per heavy atom. The van der Waals surface area contributed by atoms with Crippen LogP contribution in [0.25, 0.3) is 16.8 Å². The average Bonchev–Trinajstić information content (AvgIpc) is 3.04. The van der Waals surface area contributed by atoms with Gasteiger partial charge in [-0.2, -0.15) is 15.2 Å². The standard InChI is InChI=1S/C35H38N6O2/c1-4-19-37-25(3)24-43-35-38-32-22-26(13-15-28-11-8-10-27-9-6-7-12-30(27)28)14-16-31(32)34(39-35)40-20-21-41(33(42)5-2)29(23-40)17-18-36/h4-13,15,19,26,29,37H,2-3,14,16-17,20-24H2,1H3/b15-13+,19-4-/t26?,29-/m0/s1. The van der Waals surface area contributed by atoms with E-state index in [-0.39, 0.29) is 25.0 Å². The van der Waals surface area contributed by atoms with Crippen molar-refractivity contribution in [1.29, 1.82) is 5.26 Å². The summed E-state index contributed by atoms with van der Waals surface area (Å²) >= 11 is 0. The Morgan fingerprint density at radius 2 is 2.05 bits per heavy atom. The number of fused-ring (bicyclic) bond motifs is 2. The van der Waals surface area contributed by atoms with E-state index in [0.29, 0.717) is 37.3 Å². The van der Waals surface area contributed by atoms with E-state index in [0.717, 1.165) is 36.3 Å². The molecule has 1 saturated heterocycles. The van der Waals surface area contributed by atoms with Crippen molar-refractivity contribution in [2.24, 2.45) is 5.92 Å². The van der Waals surface area contributed by atoms with E-state index in [1.165, 1.54) is 22.4 Å². The van der Waals surface area contributed by atoms with Crippen molar-refractivity contribution in [1.82, 2.24) is 20.2 Å². The molecule has 1 N–H and O–H groups in total. The Kier molecular flexibility index (Phi) is 9.52. The van der Waals surface area contributed by atoms with Gasteiger partial charge in [-0.1, -0.05) is 73.9 Å². The van der Waals surface area contributed by atoms with Crippen LogP contribution in [-0.2, 0) is 17.6 Å². The normalized spacial score (nSPS) is 18.4. The third-order valence-corrected chi connectivity index (χ3v) is 8.04. The van der Waals surface area contributed by atoms with E-state index in [1.54, 1.807) is 11.1 Å². The van der Waals surface area contributed by atoms with Crippen LogP contribution in [-0.4, -0.2) is 53.1 Å². The number of allylic oxidation sites excluding steroid dienone is 2. The summed E-state index contributed by atoms with van der Waals surface area (Å²) in [5.41, 5.74) is 4.00. The summed E-state index contributed by atoms with van der Waals surface area (Å²) in [6.45, 7) is 11.4. The largest absolute Gasteiger partial charge is 0.457 e. The smallest absolute Gasteiger partial charge is 0.318 e. The first-order valence-corrected chi connectivity index (χ1v) is 14.8. The van der Waals surface area contributed by atoms with E-state index in [1.807, 2.05) is 13.0 Å². The van der Waals surface area contributed by atoms with Crippen LogP contribution < -0.4 is 15.0 Å². The molecule has 1 amide bonds. The lowest BCUT2D eigenvalue weighted by Gasteiger charge is -2.41. The number of amides is 1. The summed E-state index contributed by atoms with van der Waals surface area (Å²) < 4.78 is 6.03. The fourth-order valence-corrected chi connectivity index (χ4v) is 5.86. The van der Waals surface area contributed by atoms with Crippen LogP contribution in [0.15, 0.2) is 85.7 Å². The van der Waals surface area contributed by atoms with Gasteiger partial charge in [-0.15, -0.1) is 0 Å². The second kappa shape index (κ2) is 13.8. The number of ether oxygens (including phenoxy) is 1. The number of nitriles is 1. The summed E-state index contributed by atoms with van der Waals surface area (Å²) in [4.78, 5) is 26.2. The first-order chi connectivity index (χ1) is 21.0. The van der Waals surface area contributed by atoms with Crippen molar-refractivity contribution in [2.75, 3.05) is 31.1 Å². The quantitative estimate of drug-likeness (QED) is 0.316. The molecule has 2 aliphatic rings. The second-order valence-corrected chi connectivity index (χ2v) is 10.9. The van der Waals surface area contributed by atoms with Crippen molar-refractivity contribution in [3.8, 4) is 12.1 Å². The van der Waals surface area contributed by atoms with Gasteiger partial charge in [0.2, 0.25) is 5.91 Å². The lowest BCUT2D eigenvalue weighted by atomic mass is 9.86. The SMILES string of the molecule is C=CC(=O)N1CCN(c2nc(OCC(=C)N/C=C\C)nc3c2CCC(/C=C/c2cccc4ccccc24)C3)C[C@@H]1CC#N. The molecule has 1 unspecified atom stereocenters. The van der Waals surface area contributed by atoms with Gasteiger partial charge in [-0.3, -0.25) is 4.79 Å². The molecule has 5 rings (SSSR count). The van der Waals surface area contributed by atoms with Crippen molar-refractivity contribution in [2.45, 2.75) is 38.6 Å². The van der Waals surface area contributed by atoms with Gasteiger partial charge in [0.1, 0.15) is 12.4 Å². The Labute approximate surface area is 253 Å². The molecule has 220 valence electrons. The molecule has 3 aromatic rings. The minimum Gasteiger partial charge on any atom is -0.457 e. The lowest BCUT2D eigenvalue weighted by molar-refractivity contribution is -0.128. The molecule has 1 aliphatic heterocycles. The minimum absolute atomic E-state index is 0.151. The molecule has 2 atom stereocenters. The van der Waals surface area contributed by atoms with E-state index >= 15 is 0 Å². The van der Waals surface area contributed by atoms with Gasteiger partial charge in [0.25, 0.3) is 0 Å². The number of nitrogens with zero attached hydrogens (tertiary/aromatic N) is 5. The molecule has 8 nitrogen and oxygen atoms in total. The molecule has 0 spiro atoms. The highest BCUT2D eigenvalue weighted by Gasteiger charge is 2.33. The van der Waals surface area contributed by atoms with Crippen molar-refractivity contribution in [3.63, 3.8) is 0 Å². The number of benzene rings is 2. The van der Waals surface area contributed by atoms with Crippen molar-refractivity contribution >= 4 is 28.6 Å². The molecule has 1 fully saturated rings. The zero-order valence-electron chi connectivity index (χ0n) is 24.7. The molecule has 43 heavy (non-hydrogen) atoms. The molecule has 1 aliphatic carbocycles. The van der Waals surface area contributed by atoms with Crippen LogP contribution in [0.4, 0.5) is 5.82 Å². The number of nitrogens with one attached hydrogen (secondary N) is 1. The van der Waals surface area contributed by atoms with E-state index in [2.05, 4.69) is 84.1 Å². The highest BCUT2D eigenvalue weighted by atomic mass is 16.5. The number of carbonyl (C=O) groups is 1. The summed E-state index contributed by atoms with van der Waals surface area (Å²) in [5, 5.41) is 15.0. The van der Waals surface area contributed by atoms with E-state index < -0.39 is 0 Å². The number of hydrogen-bond acceptors (Lipinski definition) is 7. The van der Waals surface area contributed by atoms with Crippen LogP contribution in [0.3, 0.4) is 0 Å². The molecule has 2 aromatic carbocycles. The van der Waals surface area contributed by atoms with Crippen molar-refractivity contribution < 1.29 is 9.53 Å².